The Hall–Kier alpha value is -1.36. The quantitative estimate of drug-likeness (QED) is 0.906. The molecule has 3 rings (SSSR count). The average Bonchev–Trinajstić information content (AvgIpc) is 3.02. The van der Waals surface area contributed by atoms with Crippen LogP contribution >= 0.6 is 0 Å². The third-order valence-corrected chi connectivity index (χ3v) is 4.56. The van der Waals surface area contributed by atoms with Crippen molar-refractivity contribution in [2.24, 2.45) is 5.92 Å². The molecule has 2 aliphatic heterocycles. The van der Waals surface area contributed by atoms with Crippen molar-refractivity contribution >= 4 is 11.8 Å². The Bertz CT molecular complexity index is 434. The molecule has 0 bridgehead atoms. The fourth-order valence-corrected chi connectivity index (χ4v) is 3.38. The van der Waals surface area contributed by atoms with Crippen molar-refractivity contribution in [3.8, 4) is 0 Å². The van der Waals surface area contributed by atoms with Gasteiger partial charge in [-0.2, -0.15) is 4.98 Å². The van der Waals surface area contributed by atoms with Crippen LogP contribution in [0.3, 0.4) is 0 Å². The molecule has 1 atom stereocenters. The highest BCUT2D eigenvalue weighted by atomic mass is 15.3. The van der Waals surface area contributed by atoms with Gasteiger partial charge in [-0.05, 0) is 44.2 Å². The van der Waals surface area contributed by atoms with Crippen molar-refractivity contribution in [3.63, 3.8) is 0 Å². The van der Waals surface area contributed by atoms with Crippen LogP contribution in [0.4, 0.5) is 11.8 Å². The lowest BCUT2D eigenvalue weighted by Gasteiger charge is -2.35. The summed E-state index contributed by atoms with van der Waals surface area (Å²) in [5, 5.41) is 3.65. The summed E-state index contributed by atoms with van der Waals surface area (Å²) in [6.07, 6.45) is 7.13. The van der Waals surface area contributed by atoms with E-state index in [0.29, 0.717) is 0 Å². The predicted molar refractivity (Wildman–Crippen MR) is 82.3 cm³/mol. The summed E-state index contributed by atoms with van der Waals surface area (Å²) in [5.41, 5.74) is 0. The second kappa shape index (κ2) is 5.95. The Morgan fingerprint density at radius 2 is 2.05 bits per heavy atom. The van der Waals surface area contributed by atoms with E-state index in [1.54, 1.807) is 0 Å². The fourth-order valence-electron chi connectivity index (χ4n) is 3.38. The van der Waals surface area contributed by atoms with Crippen LogP contribution in [0, 0.1) is 5.92 Å². The SMILES string of the molecule is CN(C)c1nccc(N2CCC(C3CCCN3)CC2)n1. The first-order valence-electron chi connectivity index (χ1n) is 7.73. The second-order valence-corrected chi connectivity index (χ2v) is 6.14. The lowest BCUT2D eigenvalue weighted by Crippen LogP contribution is -2.41. The van der Waals surface area contributed by atoms with Crippen molar-refractivity contribution in [2.45, 2.75) is 31.7 Å². The molecule has 1 N–H and O–H groups in total. The highest BCUT2D eigenvalue weighted by Gasteiger charge is 2.28. The van der Waals surface area contributed by atoms with E-state index in [4.69, 9.17) is 0 Å². The monoisotopic (exact) mass is 275 g/mol. The zero-order valence-corrected chi connectivity index (χ0v) is 12.5. The first-order valence-corrected chi connectivity index (χ1v) is 7.73. The van der Waals surface area contributed by atoms with Crippen LogP contribution < -0.4 is 15.1 Å². The van der Waals surface area contributed by atoms with Crippen molar-refractivity contribution in [1.82, 2.24) is 15.3 Å². The molecule has 2 aliphatic rings. The standard InChI is InChI=1S/C15H25N5/c1-19(2)15-17-9-5-14(18-15)20-10-6-12(7-11-20)13-4-3-8-16-13/h5,9,12-13,16H,3-4,6-8,10-11H2,1-2H3. The Morgan fingerprint density at radius 1 is 1.25 bits per heavy atom. The van der Waals surface area contributed by atoms with E-state index in [0.717, 1.165) is 36.8 Å². The maximum absolute atomic E-state index is 4.64. The van der Waals surface area contributed by atoms with Gasteiger partial charge in [0.15, 0.2) is 0 Å². The summed E-state index contributed by atoms with van der Waals surface area (Å²) in [6.45, 7) is 3.45. The zero-order valence-electron chi connectivity index (χ0n) is 12.5. The van der Waals surface area contributed by atoms with Crippen LogP contribution in [0.25, 0.3) is 0 Å². The molecule has 0 saturated carbocycles. The number of anilines is 2. The molecular formula is C15H25N5. The molecule has 2 fully saturated rings. The topological polar surface area (TPSA) is 44.3 Å². The smallest absolute Gasteiger partial charge is 0.226 e. The van der Waals surface area contributed by atoms with E-state index in [1.807, 2.05) is 31.3 Å². The Kier molecular flexibility index (Phi) is 4.05. The summed E-state index contributed by atoms with van der Waals surface area (Å²) in [7, 11) is 3.97. The number of nitrogens with one attached hydrogen (secondary N) is 1. The van der Waals surface area contributed by atoms with E-state index < -0.39 is 0 Å². The number of nitrogens with zero attached hydrogens (tertiary/aromatic N) is 4. The van der Waals surface area contributed by atoms with Crippen molar-refractivity contribution in [1.29, 1.82) is 0 Å². The number of rotatable bonds is 3. The minimum absolute atomic E-state index is 0.764. The number of aromatic nitrogens is 2. The first kappa shape index (κ1) is 13.6. The molecule has 2 saturated heterocycles. The summed E-state index contributed by atoms with van der Waals surface area (Å²) in [6, 6.07) is 2.79. The molecule has 1 unspecified atom stereocenters. The lowest BCUT2D eigenvalue weighted by molar-refractivity contribution is 0.318. The maximum atomic E-state index is 4.64. The molecule has 1 aromatic heterocycles. The molecule has 0 radical (unpaired) electrons. The molecule has 110 valence electrons. The number of hydrogen-bond donors (Lipinski definition) is 1. The molecule has 0 aliphatic carbocycles. The van der Waals surface area contributed by atoms with E-state index in [-0.39, 0.29) is 0 Å². The maximum Gasteiger partial charge on any atom is 0.226 e. The number of hydrogen-bond acceptors (Lipinski definition) is 5. The summed E-state index contributed by atoms with van der Waals surface area (Å²) < 4.78 is 0. The zero-order chi connectivity index (χ0) is 13.9. The van der Waals surface area contributed by atoms with Gasteiger partial charge in [-0.15, -0.1) is 0 Å². The average molecular weight is 275 g/mol. The van der Waals surface area contributed by atoms with Gasteiger partial charge < -0.3 is 15.1 Å². The van der Waals surface area contributed by atoms with Crippen LogP contribution in [0.1, 0.15) is 25.7 Å². The van der Waals surface area contributed by atoms with Crippen LogP contribution in [0.5, 0.6) is 0 Å². The van der Waals surface area contributed by atoms with Gasteiger partial charge in [0.05, 0.1) is 0 Å². The van der Waals surface area contributed by atoms with Gasteiger partial charge >= 0.3 is 0 Å². The molecule has 0 spiro atoms. The van der Waals surface area contributed by atoms with Crippen LogP contribution in [-0.4, -0.2) is 49.7 Å². The Balaban J connectivity index is 1.61. The molecule has 0 amide bonds. The van der Waals surface area contributed by atoms with Crippen molar-refractivity contribution in [3.05, 3.63) is 12.3 Å². The molecule has 1 aromatic rings. The Labute approximate surface area is 121 Å². The van der Waals surface area contributed by atoms with Gasteiger partial charge in [0.1, 0.15) is 5.82 Å². The first-order chi connectivity index (χ1) is 9.74. The van der Waals surface area contributed by atoms with E-state index in [2.05, 4.69) is 20.2 Å². The molecule has 5 heteroatoms. The summed E-state index contributed by atoms with van der Waals surface area (Å²) >= 11 is 0. The normalized spacial score (nSPS) is 24.1. The third kappa shape index (κ3) is 2.87. The van der Waals surface area contributed by atoms with E-state index >= 15 is 0 Å². The summed E-state index contributed by atoms with van der Waals surface area (Å²) in [5.74, 6) is 2.72. The van der Waals surface area contributed by atoms with Gasteiger partial charge in [-0.1, -0.05) is 0 Å². The van der Waals surface area contributed by atoms with Crippen molar-refractivity contribution in [2.75, 3.05) is 43.5 Å². The molecule has 0 aromatic carbocycles. The van der Waals surface area contributed by atoms with E-state index in [9.17, 15) is 0 Å². The Morgan fingerprint density at radius 3 is 2.70 bits per heavy atom. The molecule has 3 heterocycles. The second-order valence-electron chi connectivity index (χ2n) is 6.14. The van der Waals surface area contributed by atoms with Crippen LogP contribution in [0.15, 0.2) is 12.3 Å². The largest absolute Gasteiger partial charge is 0.356 e. The fraction of sp³-hybridized carbons (Fsp3) is 0.733. The third-order valence-electron chi connectivity index (χ3n) is 4.56. The highest BCUT2D eigenvalue weighted by Crippen LogP contribution is 2.27. The van der Waals surface area contributed by atoms with Gasteiger partial charge in [0, 0.05) is 39.4 Å². The molecular weight excluding hydrogens is 250 g/mol. The minimum Gasteiger partial charge on any atom is -0.356 e. The van der Waals surface area contributed by atoms with Crippen LogP contribution in [-0.2, 0) is 0 Å². The summed E-state index contributed by atoms with van der Waals surface area (Å²) in [4.78, 5) is 13.3. The number of piperidine rings is 1. The molecule has 20 heavy (non-hydrogen) atoms. The van der Waals surface area contributed by atoms with Gasteiger partial charge in [-0.3, -0.25) is 0 Å². The minimum atomic E-state index is 0.764. The van der Waals surface area contributed by atoms with Crippen LogP contribution in [0.2, 0.25) is 0 Å². The van der Waals surface area contributed by atoms with E-state index in [1.165, 1.54) is 32.2 Å². The van der Waals surface area contributed by atoms with Gasteiger partial charge in [-0.25, -0.2) is 4.98 Å². The van der Waals surface area contributed by atoms with Gasteiger partial charge in [0.25, 0.3) is 0 Å². The molecule has 5 nitrogen and oxygen atoms in total. The highest BCUT2D eigenvalue weighted by molar-refractivity contribution is 5.43. The van der Waals surface area contributed by atoms with Gasteiger partial charge in [0.2, 0.25) is 5.95 Å². The lowest BCUT2D eigenvalue weighted by atomic mass is 9.88. The van der Waals surface area contributed by atoms with Crippen molar-refractivity contribution < 1.29 is 0 Å². The predicted octanol–water partition coefficient (Wildman–Crippen LogP) is 1.51.